The van der Waals surface area contributed by atoms with E-state index >= 15 is 0 Å². The Labute approximate surface area is 119 Å². The van der Waals surface area contributed by atoms with Crippen LogP contribution in [0.3, 0.4) is 0 Å². The Hall–Kier alpha value is -2.21. The highest BCUT2D eigenvalue weighted by atomic mass is 35.5. The van der Waals surface area contributed by atoms with E-state index in [0.717, 1.165) is 24.2 Å². The first kappa shape index (κ1) is 11.6. The van der Waals surface area contributed by atoms with Crippen molar-refractivity contribution in [2.45, 2.75) is 13.0 Å². The van der Waals surface area contributed by atoms with E-state index in [-0.39, 0.29) is 0 Å². The molecule has 3 aromatic heterocycles. The SMILES string of the molecule is Clc1ccc2oc(N3CCc4ncncc4C3)nc2n1. The number of oxazole rings is 1. The molecule has 0 N–H and O–H groups in total. The lowest BCUT2D eigenvalue weighted by Crippen LogP contribution is -2.31. The van der Waals surface area contributed by atoms with Crippen molar-refractivity contribution in [1.82, 2.24) is 19.9 Å². The van der Waals surface area contributed by atoms with E-state index in [4.69, 9.17) is 16.0 Å². The number of anilines is 1. The number of nitrogens with zero attached hydrogens (tertiary/aromatic N) is 5. The second-order valence-corrected chi connectivity index (χ2v) is 5.01. The van der Waals surface area contributed by atoms with Gasteiger partial charge < -0.3 is 9.32 Å². The van der Waals surface area contributed by atoms with Crippen LogP contribution in [0.1, 0.15) is 11.3 Å². The first-order valence-electron chi connectivity index (χ1n) is 6.25. The fourth-order valence-corrected chi connectivity index (χ4v) is 2.49. The van der Waals surface area contributed by atoms with Gasteiger partial charge in [-0.25, -0.2) is 15.0 Å². The van der Waals surface area contributed by atoms with Gasteiger partial charge in [0, 0.05) is 24.7 Å². The first-order valence-corrected chi connectivity index (χ1v) is 6.63. The summed E-state index contributed by atoms with van der Waals surface area (Å²) in [5.74, 6) is 0. The minimum absolute atomic E-state index is 0.412. The predicted octanol–water partition coefficient (Wildman–Crippen LogP) is 2.23. The molecule has 0 saturated carbocycles. The van der Waals surface area contributed by atoms with Crippen molar-refractivity contribution >= 4 is 28.8 Å². The fraction of sp³-hybridized carbons (Fsp3) is 0.231. The molecule has 4 heterocycles. The molecular formula is C13H10ClN5O. The standard InChI is InChI=1S/C13H10ClN5O/c14-11-2-1-10-12(17-11)18-13(20-10)19-4-3-9-8(6-19)5-15-7-16-9/h1-2,5,7H,3-4,6H2. The Morgan fingerprint density at radius 1 is 1.25 bits per heavy atom. The molecule has 0 atom stereocenters. The first-order chi connectivity index (χ1) is 9.79. The van der Waals surface area contributed by atoms with Crippen LogP contribution < -0.4 is 4.90 Å². The second kappa shape index (κ2) is 4.42. The van der Waals surface area contributed by atoms with Crippen molar-refractivity contribution in [3.63, 3.8) is 0 Å². The molecule has 4 rings (SSSR count). The molecule has 0 unspecified atom stereocenters. The molecule has 7 heteroatoms. The molecule has 20 heavy (non-hydrogen) atoms. The monoisotopic (exact) mass is 287 g/mol. The summed E-state index contributed by atoms with van der Waals surface area (Å²) in [7, 11) is 0. The van der Waals surface area contributed by atoms with Crippen LogP contribution in [0.15, 0.2) is 29.1 Å². The van der Waals surface area contributed by atoms with E-state index < -0.39 is 0 Å². The zero-order chi connectivity index (χ0) is 13.5. The summed E-state index contributed by atoms with van der Waals surface area (Å²) in [6, 6.07) is 4.03. The van der Waals surface area contributed by atoms with Crippen LogP contribution in [0, 0.1) is 0 Å². The molecule has 100 valence electrons. The van der Waals surface area contributed by atoms with Gasteiger partial charge in [-0.05, 0) is 12.1 Å². The van der Waals surface area contributed by atoms with E-state index in [1.54, 1.807) is 18.5 Å². The lowest BCUT2D eigenvalue weighted by molar-refractivity contribution is 0.551. The van der Waals surface area contributed by atoms with E-state index in [9.17, 15) is 0 Å². The molecule has 6 nitrogen and oxygen atoms in total. The summed E-state index contributed by atoms with van der Waals surface area (Å²) in [6.07, 6.45) is 4.27. The summed E-state index contributed by atoms with van der Waals surface area (Å²) < 4.78 is 5.73. The summed E-state index contributed by atoms with van der Waals surface area (Å²) in [6.45, 7) is 1.50. The van der Waals surface area contributed by atoms with Crippen molar-refractivity contribution in [1.29, 1.82) is 0 Å². The Morgan fingerprint density at radius 2 is 2.20 bits per heavy atom. The van der Waals surface area contributed by atoms with E-state index in [1.807, 2.05) is 6.20 Å². The molecule has 0 aromatic carbocycles. The Kier molecular flexibility index (Phi) is 2.56. The number of hydrogen-bond donors (Lipinski definition) is 0. The maximum atomic E-state index is 5.86. The molecule has 1 aliphatic rings. The maximum absolute atomic E-state index is 5.86. The normalized spacial score (nSPS) is 14.6. The van der Waals surface area contributed by atoms with Gasteiger partial charge in [0.15, 0.2) is 5.58 Å². The lowest BCUT2D eigenvalue weighted by atomic mass is 10.1. The average molecular weight is 288 g/mol. The van der Waals surface area contributed by atoms with Crippen LogP contribution in [0.2, 0.25) is 5.15 Å². The molecule has 0 fully saturated rings. The molecular weight excluding hydrogens is 278 g/mol. The number of fused-ring (bicyclic) bond motifs is 2. The van der Waals surface area contributed by atoms with Gasteiger partial charge in [-0.1, -0.05) is 11.6 Å². The van der Waals surface area contributed by atoms with Crippen LogP contribution in [-0.4, -0.2) is 26.5 Å². The van der Waals surface area contributed by atoms with Crippen molar-refractivity contribution in [3.8, 4) is 0 Å². The van der Waals surface area contributed by atoms with Crippen molar-refractivity contribution in [2.75, 3.05) is 11.4 Å². The number of pyridine rings is 1. The van der Waals surface area contributed by atoms with Gasteiger partial charge in [0.05, 0.1) is 12.2 Å². The number of aromatic nitrogens is 4. The quantitative estimate of drug-likeness (QED) is 0.639. The largest absolute Gasteiger partial charge is 0.422 e. The Bertz CT molecular complexity index is 787. The minimum Gasteiger partial charge on any atom is -0.422 e. The third kappa shape index (κ3) is 1.89. The van der Waals surface area contributed by atoms with Crippen LogP contribution in [0.4, 0.5) is 6.01 Å². The van der Waals surface area contributed by atoms with Crippen LogP contribution >= 0.6 is 11.6 Å². The third-order valence-electron chi connectivity index (χ3n) is 3.34. The van der Waals surface area contributed by atoms with Gasteiger partial charge in [0.2, 0.25) is 5.65 Å². The average Bonchev–Trinajstić information content (AvgIpc) is 2.89. The van der Waals surface area contributed by atoms with Crippen LogP contribution in [0.5, 0.6) is 0 Å². The van der Waals surface area contributed by atoms with Crippen molar-refractivity contribution < 1.29 is 4.42 Å². The maximum Gasteiger partial charge on any atom is 0.300 e. The van der Waals surface area contributed by atoms with E-state index in [1.165, 1.54) is 0 Å². The Morgan fingerprint density at radius 3 is 3.15 bits per heavy atom. The van der Waals surface area contributed by atoms with Gasteiger partial charge in [-0.2, -0.15) is 4.98 Å². The lowest BCUT2D eigenvalue weighted by Gasteiger charge is -2.25. The van der Waals surface area contributed by atoms with E-state index in [0.29, 0.717) is 28.9 Å². The van der Waals surface area contributed by atoms with Gasteiger partial charge in [0.1, 0.15) is 11.5 Å². The molecule has 0 saturated heterocycles. The summed E-state index contributed by atoms with van der Waals surface area (Å²) in [4.78, 5) is 18.9. The Balaban J connectivity index is 1.70. The summed E-state index contributed by atoms with van der Waals surface area (Å²) >= 11 is 5.86. The van der Waals surface area contributed by atoms with Crippen LogP contribution in [0.25, 0.3) is 11.2 Å². The molecule has 3 aromatic rings. The van der Waals surface area contributed by atoms with Crippen molar-refractivity contribution in [3.05, 3.63) is 41.1 Å². The summed E-state index contributed by atoms with van der Waals surface area (Å²) in [5, 5.41) is 0.412. The van der Waals surface area contributed by atoms with Crippen molar-refractivity contribution in [2.24, 2.45) is 0 Å². The highest BCUT2D eigenvalue weighted by Crippen LogP contribution is 2.26. The second-order valence-electron chi connectivity index (χ2n) is 4.62. The molecule has 0 aliphatic carbocycles. The smallest absolute Gasteiger partial charge is 0.300 e. The van der Waals surface area contributed by atoms with E-state index in [2.05, 4.69) is 24.8 Å². The minimum atomic E-state index is 0.412. The van der Waals surface area contributed by atoms with Crippen LogP contribution in [-0.2, 0) is 13.0 Å². The number of rotatable bonds is 1. The van der Waals surface area contributed by atoms with Gasteiger partial charge in [0.25, 0.3) is 6.01 Å². The predicted molar refractivity (Wildman–Crippen MR) is 73.6 cm³/mol. The molecule has 1 aliphatic heterocycles. The number of hydrogen-bond acceptors (Lipinski definition) is 6. The van der Waals surface area contributed by atoms with Gasteiger partial charge >= 0.3 is 0 Å². The zero-order valence-corrected chi connectivity index (χ0v) is 11.2. The number of halogens is 1. The highest BCUT2D eigenvalue weighted by molar-refractivity contribution is 6.29. The molecule has 0 amide bonds. The van der Waals surface area contributed by atoms with Gasteiger partial charge in [-0.3, -0.25) is 0 Å². The zero-order valence-electron chi connectivity index (χ0n) is 10.5. The van der Waals surface area contributed by atoms with Gasteiger partial charge in [-0.15, -0.1) is 0 Å². The fourth-order valence-electron chi connectivity index (χ4n) is 2.35. The topological polar surface area (TPSA) is 67.9 Å². The molecule has 0 radical (unpaired) electrons. The molecule has 0 bridgehead atoms. The summed E-state index contributed by atoms with van der Waals surface area (Å²) in [5.41, 5.74) is 3.36. The highest BCUT2D eigenvalue weighted by Gasteiger charge is 2.21. The third-order valence-corrected chi connectivity index (χ3v) is 3.55. The molecule has 0 spiro atoms.